The van der Waals surface area contributed by atoms with Gasteiger partial charge in [-0.2, -0.15) is 11.8 Å². The van der Waals surface area contributed by atoms with Gasteiger partial charge in [-0.3, -0.25) is 0 Å². The van der Waals surface area contributed by atoms with Crippen LogP contribution in [0.4, 0.5) is 0 Å². The van der Waals surface area contributed by atoms with Crippen LogP contribution < -0.4 is 5.32 Å². The SMILES string of the molecule is CSC[C@H]1CCC[NH2+]1. The summed E-state index contributed by atoms with van der Waals surface area (Å²) >= 11 is 1.97. The molecule has 48 valence electrons. The second-order valence-corrected chi connectivity index (χ2v) is 3.29. The third kappa shape index (κ3) is 1.67. The number of hydrogen-bond donors (Lipinski definition) is 1. The molecule has 0 aromatic heterocycles. The van der Waals surface area contributed by atoms with Crippen molar-refractivity contribution in [3.8, 4) is 0 Å². The van der Waals surface area contributed by atoms with Gasteiger partial charge in [0.2, 0.25) is 0 Å². The van der Waals surface area contributed by atoms with E-state index in [0.717, 1.165) is 6.04 Å². The van der Waals surface area contributed by atoms with E-state index in [4.69, 9.17) is 0 Å². The van der Waals surface area contributed by atoms with Crippen LogP contribution in [0.2, 0.25) is 0 Å². The molecule has 1 aliphatic rings. The van der Waals surface area contributed by atoms with Crippen molar-refractivity contribution in [3.63, 3.8) is 0 Å². The third-order valence-electron chi connectivity index (χ3n) is 1.66. The van der Waals surface area contributed by atoms with Crippen LogP contribution in [0.15, 0.2) is 0 Å². The van der Waals surface area contributed by atoms with Crippen molar-refractivity contribution in [1.29, 1.82) is 0 Å². The van der Waals surface area contributed by atoms with Crippen LogP contribution in [0.25, 0.3) is 0 Å². The first-order chi connectivity index (χ1) is 3.93. The first kappa shape index (κ1) is 6.43. The number of rotatable bonds is 2. The zero-order chi connectivity index (χ0) is 5.82. The van der Waals surface area contributed by atoms with Crippen molar-refractivity contribution < 1.29 is 5.32 Å². The van der Waals surface area contributed by atoms with Crippen LogP contribution in [0.3, 0.4) is 0 Å². The second-order valence-electron chi connectivity index (χ2n) is 2.38. The fourth-order valence-corrected chi connectivity index (χ4v) is 1.95. The normalized spacial score (nSPS) is 28.9. The van der Waals surface area contributed by atoms with E-state index in [1.165, 1.54) is 25.1 Å². The summed E-state index contributed by atoms with van der Waals surface area (Å²) in [7, 11) is 0. The van der Waals surface area contributed by atoms with Gasteiger partial charge < -0.3 is 5.32 Å². The molecule has 8 heavy (non-hydrogen) atoms. The van der Waals surface area contributed by atoms with Crippen LogP contribution in [0.5, 0.6) is 0 Å². The minimum atomic E-state index is 0.949. The first-order valence-corrected chi connectivity index (χ1v) is 4.65. The molecule has 0 aromatic rings. The summed E-state index contributed by atoms with van der Waals surface area (Å²) in [6.07, 6.45) is 5.07. The standard InChI is InChI=1S/C6H13NS/c1-8-5-6-3-2-4-7-6/h6-7H,2-5H2,1H3/p+1/t6-/m1/s1. The van der Waals surface area contributed by atoms with Crippen molar-refractivity contribution in [2.24, 2.45) is 0 Å². The lowest BCUT2D eigenvalue weighted by Crippen LogP contribution is -2.87. The van der Waals surface area contributed by atoms with E-state index in [1.54, 1.807) is 0 Å². The lowest BCUT2D eigenvalue weighted by molar-refractivity contribution is -0.665. The number of nitrogens with two attached hydrogens (primary N) is 1. The minimum absolute atomic E-state index is 0.949. The predicted octanol–water partition coefficient (Wildman–Crippen LogP) is 0.0752. The van der Waals surface area contributed by atoms with Crippen LogP contribution in [-0.4, -0.2) is 24.6 Å². The topological polar surface area (TPSA) is 16.6 Å². The van der Waals surface area contributed by atoms with Gasteiger partial charge in [0.1, 0.15) is 0 Å². The molecule has 1 fully saturated rings. The lowest BCUT2D eigenvalue weighted by Gasteiger charge is -2.01. The summed E-state index contributed by atoms with van der Waals surface area (Å²) in [5, 5.41) is 2.47. The van der Waals surface area contributed by atoms with E-state index in [-0.39, 0.29) is 0 Å². The average Bonchev–Trinajstić information content (AvgIpc) is 2.19. The smallest absolute Gasteiger partial charge is 0.0952 e. The van der Waals surface area contributed by atoms with E-state index in [9.17, 15) is 0 Å². The molecular weight excluding hydrogens is 118 g/mol. The Morgan fingerprint density at radius 1 is 1.75 bits per heavy atom. The summed E-state index contributed by atoms with van der Waals surface area (Å²) in [4.78, 5) is 0. The van der Waals surface area contributed by atoms with Gasteiger partial charge >= 0.3 is 0 Å². The third-order valence-corrected chi connectivity index (χ3v) is 2.42. The maximum Gasteiger partial charge on any atom is 0.0952 e. The Labute approximate surface area is 55.2 Å². The molecule has 0 spiro atoms. The number of quaternary nitrogens is 1. The van der Waals surface area contributed by atoms with Crippen LogP contribution >= 0.6 is 11.8 Å². The highest BCUT2D eigenvalue weighted by Crippen LogP contribution is 2.02. The first-order valence-electron chi connectivity index (χ1n) is 3.26. The quantitative estimate of drug-likeness (QED) is 0.563. The van der Waals surface area contributed by atoms with Gasteiger partial charge in [-0.25, -0.2) is 0 Å². The number of hydrogen-bond acceptors (Lipinski definition) is 1. The van der Waals surface area contributed by atoms with Crippen molar-refractivity contribution >= 4 is 11.8 Å². The van der Waals surface area contributed by atoms with Gasteiger partial charge in [0, 0.05) is 18.6 Å². The summed E-state index contributed by atoms with van der Waals surface area (Å²) in [5.41, 5.74) is 0. The molecule has 0 bridgehead atoms. The van der Waals surface area contributed by atoms with Gasteiger partial charge in [-0.05, 0) is 6.26 Å². The largest absolute Gasteiger partial charge is 0.343 e. The Kier molecular flexibility index (Phi) is 2.70. The molecule has 0 radical (unpaired) electrons. The molecule has 1 rings (SSSR count). The van der Waals surface area contributed by atoms with Crippen molar-refractivity contribution in [2.75, 3.05) is 18.6 Å². The summed E-state index contributed by atoms with van der Waals surface area (Å²) in [6.45, 7) is 1.37. The molecule has 0 unspecified atom stereocenters. The Morgan fingerprint density at radius 3 is 3.12 bits per heavy atom. The van der Waals surface area contributed by atoms with Gasteiger partial charge in [0.25, 0.3) is 0 Å². The van der Waals surface area contributed by atoms with E-state index >= 15 is 0 Å². The van der Waals surface area contributed by atoms with Crippen molar-refractivity contribution in [3.05, 3.63) is 0 Å². The molecule has 1 aliphatic heterocycles. The predicted molar refractivity (Wildman–Crippen MR) is 38.2 cm³/mol. The maximum atomic E-state index is 2.47. The molecule has 1 nitrogen and oxygen atoms in total. The molecular formula is C6H14NS+. The monoisotopic (exact) mass is 132 g/mol. The molecule has 2 heteroatoms. The van der Waals surface area contributed by atoms with Crippen LogP contribution in [0.1, 0.15) is 12.8 Å². The molecule has 1 saturated heterocycles. The Hall–Kier alpha value is 0.310. The highest BCUT2D eigenvalue weighted by Gasteiger charge is 2.16. The molecule has 0 aliphatic carbocycles. The zero-order valence-electron chi connectivity index (χ0n) is 5.39. The Morgan fingerprint density at radius 2 is 2.62 bits per heavy atom. The van der Waals surface area contributed by atoms with Crippen molar-refractivity contribution in [1.82, 2.24) is 0 Å². The Bertz CT molecular complexity index is 59.5. The average molecular weight is 132 g/mol. The van der Waals surface area contributed by atoms with E-state index in [2.05, 4.69) is 11.6 Å². The van der Waals surface area contributed by atoms with Crippen LogP contribution in [0, 0.1) is 0 Å². The fraction of sp³-hybridized carbons (Fsp3) is 1.00. The highest BCUT2D eigenvalue weighted by atomic mass is 32.2. The molecule has 0 amide bonds. The van der Waals surface area contributed by atoms with Gasteiger partial charge in [0.05, 0.1) is 12.6 Å². The van der Waals surface area contributed by atoms with E-state index in [0.29, 0.717) is 0 Å². The van der Waals surface area contributed by atoms with Gasteiger partial charge in [-0.15, -0.1) is 0 Å². The highest BCUT2D eigenvalue weighted by molar-refractivity contribution is 7.98. The second kappa shape index (κ2) is 3.36. The molecule has 2 N–H and O–H groups in total. The molecule has 0 saturated carbocycles. The number of thioether (sulfide) groups is 1. The minimum Gasteiger partial charge on any atom is -0.343 e. The Balaban J connectivity index is 2.06. The van der Waals surface area contributed by atoms with Gasteiger partial charge in [-0.1, -0.05) is 0 Å². The molecule has 1 atom stereocenters. The lowest BCUT2D eigenvalue weighted by atomic mass is 10.3. The summed E-state index contributed by atoms with van der Waals surface area (Å²) in [5.74, 6) is 1.35. The maximum absolute atomic E-state index is 2.47. The van der Waals surface area contributed by atoms with Gasteiger partial charge in [0.15, 0.2) is 0 Å². The summed E-state index contributed by atoms with van der Waals surface area (Å²) < 4.78 is 0. The molecule has 0 aromatic carbocycles. The molecule has 1 heterocycles. The fourth-order valence-electron chi connectivity index (χ4n) is 1.22. The van der Waals surface area contributed by atoms with E-state index < -0.39 is 0 Å². The van der Waals surface area contributed by atoms with E-state index in [1.807, 2.05) is 11.8 Å². The zero-order valence-corrected chi connectivity index (χ0v) is 6.21. The van der Waals surface area contributed by atoms with Crippen LogP contribution in [-0.2, 0) is 0 Å². The van der Waals surface area contributed by atoms with Crippen molar-refractivity contribution in [2.45, 2.75) is 18.9 Å². The summed E-state index contributed by atoms with van der Waals surface area (Å²) in [6, 6.07) is 0.949.